The summed E-state index contributed by atoms with van der Waals surface area (Å²) in [5, 5.41) is 8.82. The Bertz CT molecular complexity index is 740. The van der Waals surface area contributed by atoms with Crippen molar-refractivity contribution in [2.45, 2.75) is 30.9 Å². The summed E-state index contributed by atoms with van der Waals surface area (Å²) < 4.78 is 0. The average molecular weight is 340 g/mol. The Labute approximate surface area is 146 Å². The van der Waals surface area contributed by atoms with E-state index >= 15 is 0 Å². The Morgan fingerprint density at radius 2 is 1.79 bits per heavy atom. The number of ketones is 1. The molecule has 0 bridgehead atoms. The molecular weight excluding hydrogens is 320 g/mol. The Morgan fingerprint density at radius 1 is 1.04 bits per heavy atom. The van der Waals surface area contributed by atoms with Gasteiger partial charge >= 0.3 is 5.97 Å². The van der Waals surface area contributed by atoms with Crippen LogP contribution in [0.3, 0.4) is 0 Å². The molecule has 0 aromatic heterocycles. The molecule has 1 atom stereocenters. The molecule has 1 unspecified atom stereocenters. The maximum Gasteiger partial charge on any atom is 0.313 e. The first-order chi connectivity index (χ1) is 11.6. The van der Waals surface area contributed by atoms with Gasteiger partial charge < -0.3 is 5.11 Å². The molecule has 4 heteroatoms. The summed E-state index contributed by atoms with van der Waals surface area (Å²) in [6.45, 7) is 0. The van der Waals surface area contributed by atoms with Crippen molar-refractivity contribution in [2.24, 2.45) is 0 Å². The molecule has 3 rings (SSSR count). The van der Waals surface area contributed by atoms with E-state index in [1.807, 2.05) is 42.5 Å². The molecule has 0 spiro atoms. The van der Waals surface area contributed by atoms with E-state index in [9.17, 15) is 9.59 Å². The molecule has 1 aliphatic rings. The van der Waals surface area contributed by atoms with Gasteiger partial charge in [0.1, 0.15) is 0 Å². The number of carboxylic acid groups (broad SMARTS) is 1. The predicted molar refractivity (Wildman–Crippen MR) is 96.7 cm³/mol. The van der Waals surface area contributed by atoms with Crippen molar-refractivity contribution in [1.82, 2.24) is 0 Å². The molecular formula is C20H20O3S. The van der Waals surface area contributed by atoms with Gasteiger partial charge in [-0.3, -0.25) is 9.59 Å². The first-order valence-corrected chi connectivity index (χ1v) is 9.21. The number of benzene rings is 2. The fourth-order valence-corrected chi connectivity index (χ4v) is 4.11. The van der Waals surface area contributed by atoms with Crippen molar-refractivity contribution < 1.29 is 14.7 Å². The molecule has 0 aliphatic heterocycles. The molecule has 1 N–H and O–H groups in total. The van der Waals surface area contributed by atoms with E-state index in [-0.39, 0.29) is 16.8 Å². The van der Waals surface area contributed by atoms with Crippen LogP contribution in [-0.2, 0) is 17.6 Å². The highest BCUT2D eigenvalue weighted by atomic mass is 32.2. The lowest BCUT2D eigenvalue weighted by Crippen LogP contribution is -2.09. The van der Waals surface area contributed by atoms with Crippen molar-refractivity contribution in [2.75, 3.05) is 5.75 Å². The van der Waals surface area contributed by atoms with Gasteiger partial charge in [-0.05, 0) is 42.0 Å². The van der Waals surface area contributed by atoms with Crippen LogP contribution >= 0.6 is 11.8 Å². The van der Waals surface area contributed by atoms with Gasteiger partial charge in [-0.15, -0.1) is 11.8 Å². The number of aliphatic carboxylic acids is 1. The number of carbonyl (C=O) groups excluding carboxylic acids is 1. The molecule has 124 valence electrons. The molecule has 0 radical (unpaired) electrons. The highest BCUT2D eigenvalue weighted by Crippen LogP contribution is 2.33. The number of Topliss-reactive ketones (excluding diaryl/α,β-unsaturated/α-hetero) is 1. The third-order valence-electron chi connectivity index (χ3n) is 4.37. The average Bonchev–Trinajstić information content (AvgIpc) is 3.06. The number of carboxylic acids is 1. The van der Waals surface area contributed by atoms with Gasteiger partial charge in [0, 0.05) is 17.2 Å². The fourth-order valence-electron chi connectivity index (χ4n) is 3.14. The largest absolute Gasteiger partial charge is 0.481 e. The topological polar surface area (TPSA) is 54.4 Å². The van der Waals surface area contributed by atoms with Crippen LogP contribution in [0.2, 0.25) is 0 Å². The van der Waals surface area contributed by atoms with Crippen LogP contribution in [0.5, 0.6) is 0 Å². The molecule has 0 amide bonds. The molecule has 1 aliphatic carbocycles. The van der Waals surface area contributed by atoms with Crippen LogP contribution in [0.25, 0.3) is 0 Å². The minimum absolute atomic E-state index is 0.00295. The zero-order valence-corrected chi connectivity index (χ0v) is 14.2. The second kappa shape index (κ2) is 7.67. The number of carbonyl (C=O) groups is 2. The highest BCUT2D eigenvalue weighted by Gasteiger charge is 2.20. The van der Waals surface area contributed by atoms with Crippen molar-refractivity contribution >= 4 is 23.5 Å². The second-order valence-electron chi connectivity index (χ2n) is 6.07. The summed E-state index contributed by atoms with van der Waals surface area (Å²) in [4.78, 5) is 23.6. The van der Waals surface area contributed by atoms with E-state index in [0.29, 0.717) is 6.42 Å². The monoisotopic (exact) mass is 340 g/mol. The van der Waals surface area contributed by atoms with Gasteiger partial charge in [-0.25, -0.2) is 0 Å². The minimum atomic E-state index is -0.856. The number of thioether (sulfide) groups is 1. The molecule has 0 fully saturated rings. The molecule has 0 saturated heterocycles. The lowest BCUT2D eigenvalue weighted by Gasteiger charge is -2.16. The smallest absolute Gasteiger partial charge is 0.313 e. The zero-order valence-electron chi connectivity index (χ0n) is 13.4. The first kappa shape index (κ1) is 16.8. The van der Waals surface area contributed by atoms with Crippen LogP contribution in [0.4, 0.5) is 0 Å². The van der Waals surface area contributed by atoms with Gasteiger partial charge in [0.05, 0.1) is 5.75 Å². The van der Waals surface area contributed by atoms with Crippen molar-refractivity contribution in [3.05, 3.63) is 70.8 Å². The molecule has 2 aromatic carbocycles. The Morgan fingerprint density at radius 3 is 2.54 bits per heavy atom. The molecule has 2 aromatic rings. The van der Waals surface area contributed by atoms with Gasteiger partial charge in [-0.2, -0.15) is 0 Å². The normalized spacial score (nSPS) is 14.2. The number of hydrogen-bond donors (Lipinski definition) is 1. The van der Waals surface area contributed by atoms with Crippen LogP contribution in [0.15, 0.2) is 48.5 Å². The Balaban J connectivity index is 1.76. The summed E-state index contributed by atoms with van der Waals surface area (Å²) in [6, 6.07) is 15.7. The molecule has 0 heterocycles. The maximum atomic E-state index is 12.7. The third-order valence-corrected chi connectivity index (χ3v) is 5.63. The summed E-state index contributed by atoms with van der Waals surface area (Å²) in [5.41, 5.74) is 4.38. The SMILES string of the molecule is O=C(O)CSC(CC(=O)c1ccc2c(c1)CCC2)c1ccccc1. The quantitative estimate of drug-likeness (QED) is 0.763. The van der Waals surface area contributed by atoms with Crippen molar-refractivity contribution in [3.63, 3.8) is 0 Å². The van der Waals surface area contributed by atoms with E-state index in [0.717, 1.165) is 30.4 Å². The van der Waals surface area contributed by atoms with Gasteiger partial charge in [0.15, 0.2) is 5.78 Å². The van der Waals surface area contributed by atoms with Crippen LogP contribution in [-0.4, -0.2) is 22.6 Å². The van der Waals surface area contributed by atoms with E-state index in [1.54, 1.807) is 0 Å². The van der Waals surface area contributed by atoms with Gasteiger partial charge in [0.25, 0.3) is 0 Å². The maximum absolute atomic E-state index is 12.7. The highest BCUT2D eigenvalue weighted by molar-refractivity contribution is 8.00. The van der Waals surface area contributed by atoms with Crippen LogP contribution in [0.1, 0.15) is 45.1 Å². The van der Waals surface area contributed by atoms with Crippen molar-refractivity contribution in [3.8, 4) is 0 Å². The predicted octanol–water partition coefficient (Wildman–Crippen LogP) is 4.31. The third kappa shape index (κ3) is 4.06. The summed E-state index contributed by atoms with van der Waals surface area (Å²) in [5.74, 6) is -0.779. The zero-order chi connectivity index (χ0) is 16.9. The van der Waals surface area contributed by atoms with Crippen LogP contribution in [0, 0.1) is 0 Å². The Kier molecular flexibility index (Phi) is 5.36. The number of aryl methyl sites for hydroxylation is 2. The van der Waals surface area contributed by atoms with Crippen molar-refractivity contribution in [1.29, 1.82) is 0 Å². The van der Waals surface area contributed by atoms with Gasteiger partial charge in [-0.1, -0.05) is 42.5 Å². The minimum Gasteiger partial charge on any atom is -0.481 e. The second-order valence-corrected chi connectivity index (χ2v) is 7.26. The number of rotatable bonds is 7. The fraction of sp³-hybridized carbons (Fsp3) is 0.300. The summed E-state index contributed by atoms with van der Waals surface area (Å²) >= 11 is 1.31. The number of hydrogen-bond acceptors (Lipinski definition) is 3. The van der Waals surface area contributed by atoms with Crippen LogP contribution < -0.4 is 0 Å². The number of fused-ring (bicyclic) bond motifs is 1. The summed E-state index contributed by atoms with van der Waals surface area (Å²) in [6.07, 6.45) is 3.63. The molecule has 24 heavy (non-hydrogen) atoms. The van der Waals surface area contributed by atoms with E-state index in [1.165, 1.54) is 22.9 Å². The molecule has 3 nitrogen and oxygen atoms in total. The van der Waals surface area contributed by atoms with Gasteiger partial charge in [0.2, 0.25) is 0 Å². The summed E-state index contributed by atoms with van der Waals surface area (Å²) in [7, 11) is 0. The standard InChI is InChI=1S/C20H20O3S/c21-18(17-10-9-14-7-4-8-16(14)11-17)12-19(24-13-20(22)23)15-5-2-1-3-6-15/h1-3,5-6,9-11,19H,4,7-8,12-13H2,(H,22,23). The van der Waals surface area contributed by atoms with E-state index < -0.39 is 5.97 Å². The van der Waals surface area contributed by atoms with E-state index in [4.69, 9.17) is 5.11 Å². The Hall–Kier alpha value is -2.07. The molecule has 0 saturated carbocycles. The lowest BCUT2D eigenvalue weighted by molar-refractivity contribution is -0.133. The lowest BCUT2D eigenvalue weighted by atomic mass is 9.99. The first-order valence-electron chi connectivity index (χ1n) is 8.17. The van der Waals surface area contributed by atoms with E-state index in [2.05, 4.69) is 6.07 Å².